The monoisotopic (exact) mass is 337 g/mol. The van der Waals surface area contributed by atoms with Gasteiger partial charge in [-0.05, 0) is 30.3 Å². The fraction of sp³-hybridized carbons (Fsp3) is 0. The molecule has 0 aliphatic heterocycles. The average molecular weight is 337 g/mol. The molecule has 0 amide bonds. The van der Waals surface area contributed by atoms with Crippen molar-refractivity contribution in [3.05, 3.63) is 63.7 Å². The summed E-state index contributed by atoms with van der Waals surface area (Å²) in [5.74, 6) is 4.10. The Morgan fingerprint density at radius 2 is 1.78 bits per heavy atom. The molecule has 23 heavy (non-hydrogen) atoms. The molecular formula is C13H11N3O6S. The van der Waals surface area contributed by atoms with Crippen LogP contribution in [0, 0.1) is 10.1 Å². The molecule has 120 valence electrons. The first-order chi connectivity index (χ1) is 10.8. The van der Waals surface area contributed by atoms with Gasteiger partial charge in [0.1, 0.15) is 5.75 Å². The molecule has 4 N–H and O–H groups in total. The number of sulfonamides is 1. The SMILES string of the molecule is NNS(=O)(=O)c1ccc([N+](=O)[O-])cc1C(=O)c1ccc(O)cc1. The molecule has 2 aromatic rings. The van der Waals surface area contributed by atoms with Gasteiger partial charge in [0, 0.05) is 23.3 Å². The molecule has 9 nitrogen and oxygen atoms in total. The number of phenols is 1. The summed E-state index contributed by atoms with van der Waals surface area (Å²) >= 11 is 0. The van der Waals surface area contributed by atoms with Gasteiger partial charge < -0.3 is 5.11 Å². The first-order valence-electron chi connectivity index (χ1n) is 6.11. The highest BCUT2D eigenvalue weighted by Gasteiger charge is 2.25. The van der Waals surface area contributed by atoms with Gasteiger partial charge >= 0.3 is 0 Å². The van der Waals surface area contributed by atoms with Crippen LogP contribution in [0.4, 0.5) is 5.69 Å². The number of nitro groups is 1. The lowest BCUT2D eigenvalue weighted by molar-refractivity contribution is -0.384. The maximum Gasteiger partial charge on any atom is 0.270 e. The summed E-state index contributed by atoms with van der Waals surface area (Å²) in [4.78, 5) is 23.7. The summed E-state index contributed by atoms with van der Waals surface area (Å²) < 4.78 is 23.8. The van der Waals surface area contributed by atoms with Gasteiger partial charge in [-0.1, -0.05) is 0 Å². The predicted molar refractivity (Wildman–Crippen MR) is 79.1 cm³/mol. The van der Waals surface area contributed by atoms with E-state index in [2.05, 4.69) is 0 Å². The zero-order valence-corrected chi connectivity index (χ0v) is 12.3. The van der Waals surface area contributed by atoms with E-state index in [-0.39, 0.29) is 11.3 Å². The normalized spacial score (nSPS) is 11.2. The van der Waals surface area contributed by atoms with Crippen molar-refractivity contribution in [1.82, 2.24) is 4.83 Å². The van der Waals surface area contributed by atoms with Gasteiger partial charge in [0.2, 0.25) is 0 Å². The number of aromatic hydroxyl groups is 1. The lowest BCUT2D eigenvalue weighted by atomic mass is 10.0. The second kappa shape index (κ2) is 6.12. The molecule has 0 atom stereocenters. The fourth-order valence-corrected chi connectivity index (χ4v) is 2.69. The Bertz CT molecular complexity index is 877. The van der Waals surface area contributed by atoms with Crippen molar-refractivity contribution in [2.24, 2.45) is 5.84 Å². The number of ketones is 1. The van der Waals surface area contributed by atoms with Crippen LogP contribution in [0.25, 0.3) is 0 Å². The van der Waals surface area contributed by atoms with Crippen LogP contribution in [0.2, 0.25) is 0 Å². The number of nitrogens with two attached hydrogens (primary N) is 1. The molecule has 0 bridgehead atoms. The van der Waals surface area contributed by atoms with Crippen LogP contribution >= 0.6 is 0 Å². The number of hydrogen-bond acceptors (Lipinski definition) is 7. The van der Waals surface area contributed by atoms with Crippen LogP contribution in [0.5, 0.6) is 5.75 Å². The highest BCUT2D eigenvalue weighted by atomic mass is 32.2. The van der Waals surface area contributed by atoms with Crippen LogP contribution in [-0.2, 0) is 10.0 Å². The molecule has 0 aromatic heterocycles. The van der Waals surface area contributed by atoms with E-state index < -0.39 is 36.9 Å². The maximum absolute atomic E-state index is 12.5. The summed E-state index contributed by atoms with van der Waals surface area (Å²) in [5, 5.41) is 20.1. The summed E-state index contributed by atoms with van der Waals surface area (Å²) in [6.07, 6.45) is 0. The van der Waals surface area contributed by atoms with Crippen molar-refractivity contribution >= 4 is 21.5 Å². The second-order valence-electron chi connectivity index (χ2n) is 4.43. The van der Waals surface area contributed by atoms with E-state index in [4.69, 9.17) is 5.84 Å². The zero-order valence-electron chi connectivity index (χ0n) is 11.5. The average Bonchev–Trinajstić information content (AvgIpc) is 2.54. The molecule has 0 aliphatic carbocycles. The van der Waals surface area contributed by atoms with E-state index in [9.17, 15) is 28.4 Å². The Morgan fingerprint density at radius 1 is 1.17 bits per heavy atom. The standard InChI is InChI=1S/C13H11N3O6S/c14-15-23(21,22)12-6-3-9(16(19)20)7-11(12)13(18)8-1-4-10(17)5-2-8/h1-7,15,17H,14H2. The topological polar surface area (TPSA) is 153 Å². The first-order valence-corrected chi connectivity index (χ1v) is 7.59. The fourth-order valence-electron chi connectivity index (χ4n) is 1.88. The molecule has 0 fully saturated rings. The predicted octanol–water partition coefficient (Wildman–Crippen LogP) is 0.683. The Hall–Kier alpha value is -2.82. The van der Waals surface area contributed by atoms with Crippen LogP contribution < -0.4 is 10.7 Å². The molecule has 2 aromatic carbocycles. The Morgan fingerprint density at radius 3 is 2.30 bits per heavy atom. The van der Waals surface area contributed by atoms with Gasteiger partial charge in [-0.3, -0.25) is 20.8 Å². The minimum absolute atomic E-state index is 0.0526. The summed E-state index contributed by atoms with van der Waals surface area (Å²) in [5.41, 5.74) is -0.789. The number of hydrazine groups is 1. The van der Waals surface area contributed by atoms with Gasteiger partial charge in [-0.15, -0.1) is 0 Å². The molecule has 0 spiro atoms. The summed E-state index contributed by atoms with van der Waals surface area (Å²) in [7, 11) is -4.20. The van der Waals surface area contributed by atoms with Gasteiger partial charge in [0.15, 0.2) is 5.78 Å². The second-order valence-corrected chi connectivity index (χ2v) is 6.12. The Balaban J connectivity index is 2.66. The van der Waals surface area contributed by atoms with E-state index in [0.717, 1.165) is 18.2 Å². The van der Waals surface area contributed by atoms with Gasteiger partial charge in [-0.2, -0.15) is 4.83 Å². The van der Waals surface area contributed by atoms with Gasteiger partial charge in [0.25, 0.3) is 15.7 Å². The Labute approximate surface area is 130 Å². The van der Waals surface area contributed by atoms with Crippen molar-refractivity contribution in [3.63, 3.8) is 0 Å². The smallest absolute Gasteiger partial charge is 0.270 e. The van der Waals surface area contributed by atoms with E-state index in [1.165, 1.54) is 24.3 Å². The molecule has 0 aliphatic rings. The number of nitrogens with zero attached hydrogens (tertiary/aromatic N) is 1. The molecule has 10 heteroatoms. The zero-order chi connectivity index (χ0) is 17.2. The summed E-state index contributed by atoms with van der Waals surface area (Å²) in [6.45, 7) is 0. The quantitative estimate of drug-likeness (QED) is 0.314. The molecule has 0 unspecified atom stereocenters. The number of rotatable bonds is 5. The number of carbonyl (C=O) groups is 1. The van der Waals surface area contributed by atoms with Crippen LogP contribution in [-0.4, -0.2) is 24.2 Å². The van der Waals surface area contributed by atoms with Crippen molar-refractivity contribution in [2.45, 2.75) is 4.90 Å². The molecule has 0 radical (unpaired) electrons. The van der Waals surface area contributed by atoms with Crippen molar-refractivity contribution in [3.8, 4) is 5.75 Å². The molecular weight excluding hydrogens is 326 g/mol. The van der Waals surface area contributed by atoms with E-state index >= 15 is 0 Å². The van der Waals surface area contributed by atoms with E-state index in [0.29, 0.717) is 0 Å². The number of hydrogen-bond donors (Lipinski definition) is 3. The van der Waals surface area contributed by atoms with E-state index in [1.54, 1.807) is 4.83 Å². The minimum atomic E-state index is -4.20. The third kappa shape index (κ3) is 3.34. The third-order valence-electron chi connectivity index (χ3n) is 2.99. The highest BCUT2D eigenvalue weighted by Crippen LogP contribution is 2.25. The molecule has 0 saturated heterocycles. The largest absolute Gasteiger partial charge is 0.508 e. The number of non-ortho nitro benzene ring substituents is 1. The number of benzene rings is 2. The number of carbonyl (C=O) groups excluding carboxylic acids is 1. The number of nitrogens with one attached hydrogen (secondary N) is 1. The molecule has 0 heterocycles. The first kappa shape index (κ1) is 16.5. The van der Waals surface area contributed by atoms with Gasteiger partial charge in [-0.25, -0.2) is 8.42 Å². The summed E-state index contributed by atoms with van der Waals surface area (Å²) in [6, 6.07) is 7.75. The molecule has 2 rings (SSSR count). The highest BCUT2D eigenvalue weighted by molar-refractivity contribution is 7.89. The number of phenolic OH excluding ortho intramolecular Hbond substituents is 1. The maximum atomic E-state index is 12.5. The van der Waals surface area contributed by atoms with Crippen LogP contribution in [0.15, 0.2) is 47.4 Å². The van der Waals surface area contributed by atoms with Crippen LogP contribution in [0.3, 0.4) is 0 Å². The lowest BCUT2D eigenvalue weighted by Crippen LogP contribution is -2.31. The van der Waals surface area contributed by atoms with Crippen molar-refractivity contribution in [2.75, 3.05) is 0 Å². The van der Waals surface area contributed by atoms with Crippen molar-refractivity contribution < 1.29 is 23.2 Å². The minimum Gasteiger partial charge on any atom is -0.508 e. The van der Waals surface area contributed by atoms with Crippen molar-refractivity contribution in [1.29, 1.82) is 0 Å². The third-order valence-corrected chi connectivity index (χ3v) is 4.24. The van der Waals surface area contributed by atoms with E-state index in [1.807, 2.05) is 0 Å². The molecule has 0 saturated carbocycles. The van der Waals surface area contributed by atoms with Gasteiger partial charge in [0.05, 0.1) is 9.82 Å². The Kier molecular flexibility index (Phi) is 4.40. The lowest BCUT2D eigenvalue weighted by Gasteiger charge is -2.09. The van der Waals surface area contributed by atoms with Crippen LogP contribution in [0.1, 0.15) is 15.9 Å². The number of nitro benzene ring substituents is 1.